The molecular formula is C12H15N3O6. The lowest BCUT2D eigenvalue weighted by Gasteiger charge is -2.09. The summed E-state index contributed by atoms with van der Waals surface area (Å²) in [6, 6.07) is 3.93. The van der Waals surface area contributed by atoms with Gasteiger partial charge in [-0.05, 0) is 12.1 Å². The molecule has 9 heteroatoms. The summed E-state index contributed by atoms with van der Waals surface area (Å²) >= 11 is 0. The first-order chi connectivity index (χ1) is 9.95. The Morgan fingerprint density at radius 2 is 2.14 bits per heavy atom. The average molecular weight is 297 g/mol. The average Bonchev–Trinajstić information content (AvgIpc) is 2.45. The Labute approximate surface area is 120 Å². The van der Waals surface area contributed by atoms with Gasteiger partial charge in [0, 0.05) is 25.2 Å². The number of nitrogens with one attached hydrogen (secondary N) is 2. The maximum atomic E-state index is 11.5. The van der Waals surface area contributed by atoms with Gasteiger partial charge in [-0.3, -0.25) is 14.9 Å². The highest BCUT2D eigenvalue weighted by atomic mass is 16.6. The van der Waals surface area contributed by atoms with Crippen molar-refractivity contribution >= 4 is 23.3 Å². The van der Waals surface area contributed by atoms with Crippen LogP contribution in [-0.2, 0) is 9.53 Å². The van der Waals surface area contributed by atoms with Crippen LogP contribution in [0.2, 0.25) is 0 Å². The van der Waals surface area contributed by atoms with Crippen LogP contribution in [0.25, 0.3) is 0 Å². The molecule has 9 nitrogen and oxygen atoms in total. The minimum absolute atomic E-state index is 0.0632. The first-order valence-corrected chi connectivity index (χ1v) is 5.99. The van der Waals surface area contributed by atoms with Crippen LogP contribution in [0.3, 0.4) is 0 Å². The summed E-state index contributed by atoms with van der Waals surface area (Å²) < 4.78 is 4.80. The van der Waals surface area contributed by atoms with E-state index in [1.165, 1.54) is 25.2 Å². The second kappa shape index (κ2) is 7.80. The molecule has 0 aliphatic rings. The van der Waals surface area contributed by atoms with Crippen molar-refractivity contribution in [1.82, 2.24) is 5.32 Å². The smallest absolute Gasteiger partial charge is 0.329 e. The van der Waals surface area contributed by atoms with Gasteiger partial charge >= 0.3 is 5.97 Å². The van der Waals surface area contributed by atoms with Crippen LogP contribution in [0.1, 0.15) is 10.4 Å². The Kier molecular flexibility index (Phi) is 6.08. The third-order valence-corrected chi connectivity index (χ3v) is 2.47. The van der Waals surface area contributed by atoms with Gasteiger partial charge in [0.25, 0.3) is 11.6 Å². The summed E-state index contributed by atoms with van der Waals surface area (Å²) in [5.74, 6) is -1.46. The molecule has 1 rings (SSSR count). The molecule has 0 heterocycles. The van der Waals surface area contributed by atoms with Gasteiger partial charge in [0.2, 0.25) is 0 Å². The molecule has 0 radical (unpaired) electrons. The molecule has 0 atom stereocenters. The number of nitro benzene ring substituents is 1. The molecule has 1 aromatic rings. The van der Waals surface area contributed by atoms with Gasteiger partial charge in [0.05, 0.1) is 11.5 Å². The number of benzene rings is 1. The first-order valence-electron chi connectivity index (χ1n) is 5.99. The van der Waals surface area contributed by atoms with Crippen molar-refractivity contribution in [3.05, 3.63) is 33.9 Å². The summed E-state index contributed by atoms with van der Waals surface area (Å²) in [6.45, 7) is -0.207. The van der Waals surface area contributed by atoms with Crippen molar-refractivity contribution in [2.75, 3.05) is 32.1 Å². The van der Waals surface area contributed by atoms with E-state index in [2.05, 4.69) is 10.6 Å². The lowest BCUT2D eigenvalue weighted by atomic mass is 10.1. The van der Waals surface area contributed by atoms with Crippen LogP contribution in [0, 0.1) is 10.1 Å². The first kappa shape index (κ1) is 16.4. The number of ether oxygens (including phenoxy) is 1. The van der Waals surface area contributed by atoms with Crippen molar-refractivity contribution in [3.8, 4) is 0 Å². The predicted octanol–water partition coefficient (Wildman–Crippen LogP) is 0.467. The third-order valence-electron chi connectivity index (χ3n) is 2.47. The summed E-state index contributed by atoms with van der Waals surface area (Å²) in [5.41, 5.74) is 0.262. The molecule has 0 aliphatic heterocycles. The Morgan fingerprint density at radius 1 is 1.43 bits per heavy atom. The molecule has 21 heavy (non-hydrogen) atoms. The Morgan fingerprint density at radius 3 is 2.71 bits per heavy atom. The highest BCUT2D eigenvalue weighted by Crippen LogP contribution is 2.25. The van der Waals surface area contributed by atoms with Crippen LogP contribution in [0.15, 0.2) is 18.2 Å². The largest absolute Gasteiger partial charge is 0.480 e. The van der Waals surface area contributed by atoms with E-state index in [0.29, 0.717) is 0 Å². The SMILES string of the molecule is CNC(=O)c1ccc([N+](=O)[O-])c(NCCOCC(=O)O)c1. The topological polar surface area (TPSA) is 131 Å². The summed E-state index contributed by atoms with van der Waals surface area (Å²) in [7, 11) is 1.45. The lowest BCUT2D eigenvalue weighted by molar-refractivity contribution is -0.384. The maximum absolute atomic E-state index is 11.5. The number of hydrogen-bond donors (Lipinski definition) is 3. The second-order valence-electron chi connectivity index (χ2n) is 3.94. The van der Waals surface area contributed by atoms with E-state index in [-0.39, 0.29) is 36.0 Å². The van der Waals surface area contributed by atoms with Gasteiger partial charge in [-0.15, -0.1) is 0 Å². The number of anilines is 1. The van der Waals surface area contributed by atoms with Crippen molar-refractivity contribution in [1.29, 1.82) is 0 Å². The molecule has 114 valence electrons. The van der Waals surface area contributed by atoms with E-state index in [0.717, 1.165) is 0 Å². The number of carboxylic acid groups (broad SMARTS) is 1. The molecule has 0 unspecified atom stereocenters. The number of carboxylic acids is 1. The van der Waals surface area contributed by atoms with Crippen molar-refractivity contribution in [3.63, 3.8) is 0 Å². The van der Waals surface area contributed by atoms with Crippen LogP contribution in [0.4, 0.5) is 11.4 Å². The molecule has 0 bridgehead atoms. The van der Waals surface area contributed by atoms with Gasteiger partial charge in [-0.1, -0.05) is 0 Å². The van der Waals surface area contributed by atoms with E-state index >= 15 is 0 Å². The summed E-state index contributed by atoms with van der Waals surface area (Å²) in [6.07, 6.45) is 0. The summed E-state index contributed by atoms with van der Waals surface area (Å²) in [4.78, 5) is 32.1. The summed E-state index contributed by atoms with van der Waals surface area (Å²) in [5, 5.41) is 24.5. The van der Waals surface area contributed by atoms with Gasteiger partial charge in [0.1, 0.15) is 12.3 Å². The fourth-order valence-corrected chi connectivity index (χ4v) is 1.54. The fraction of sp³-hybridized carbons (Fsp3) is 0.333. The molecule has 0 spiro atoms. The molecule has 3 N–H and O–H groups in total. The Balaban J connectivity index is 2.74. The monoisotopic (exact) mass is 297 g/mol. The molecular weight excluding hydrogens is 282 g/mol. The number of hydrogen-bond acceptors (Lipinski definition) is 6. The van der Waals surface area contributed by atoms with E-state index < -0.39 is 17.5 Å². The van der Waals surface area contributed by atoms with Gasteiger partial charge in [-0.2, -0.15) is 0 Å². The van der Waals surface area contributed by atoms with Crippen molar-refractivity contribution in [2.24, 2.45) is 0 Å². The van der Waals surface area contributed by atoms with E-state index in [1.54, 1.807) is 0 Å². The fourth-order valence-electron chi connectivity index (χ4n) is 1.54. The van der Waals surface area contributed by atoms with Crippen LogP contribution < -0.4 is 10.6 Å². The number of nitro groups is 1. The molecule has 0 fully saturated rings. The zero-order valence-corrected chi connectivity index (χ0v) is 11.3. The molecule has 1 aromatic carbocycles. The van der Waals surface area contributed by atoms with Gasteiger partial charge < -0.3 is 20.5 Å². The van der Waals surface area contributed by atoms with E-state index in [9.17, 15) is 19.7 Å². The number of amides is 1. The maximum Gasteiger partial charge on any atom is 0.329 e. The number of carbonyl (C=O) groups is 2. The van der Waals surface area contributed by atoms with Crippen LogP contribution in [-0.4, -0.2) is 48.7 Å². The minimum Gasteiger partial charge on any atom is -0.480 e. The standard InChI is InChI=1S/C12H15N3O6/c1-13-12(18)8-2-3-10(15(19)20)9(6-8)14-4-5-21-7-11(16)17/h2-3,6,14H,4-5,7H2,1H3,(H,13,18)(H,16,17). The van der Waals surface area contributed by atoms with Crippen molar-refractivity contribution in [2.45, 2.75) is 0 Å². The quantitative estimate of drug-likeness (QED) is 0.361. The number of carbonyl (C=O) groups excluding carboxylic acids is 1. The minimum atomic E-state index is -1.09. The van der Waals surface area contributed by atoms with Gasteiger partial charge in [-0.25, -0.2) is 4.79 Å². The van der Waals surface area contributed by atoms with Crippen LogP contribution in [0.5, 0.6) is 0 Å². The molecule has 1 amide bonds. The Bertz CT molecular complexity index is 546. The number of nitrogens with zero attached hydrogens (tertiary/aromatic N) is 1. The Hall–Kier alpha value is -2.68. The molecule has 0 aromatic heterocycles. The zero-order chi connectivity index (χ0) is 15.8. The zero-order valence-electron chi connectivity index (χ0n) is 11.3. The number of rotatable bonds is 8. The highest BCUT2D eigenvalue weighted by Gasteiger charge is 2.16. The molecule has 0 saturated heterocycles. The van der Waals surface area contributed by atoms with E-state index in [1.807, 2.05) is 0 Å². The predicted molar refractivity (Wildman–Crippen MR) is 73.4 cm³/mol. The van der Waals surface area contributed by atoms with E-state index in [4.69, 9.17) is 9.84 Å². The van der Waals surface area contributed by atoms with Gasteiger partial charge in [0.15, 0.2) is 0 Å². The van der Waals surface area contributed by atoms with Crippen molar-refractivity contribution < 1.29 is 24.4 Å². The lowest BCUT2D eigenvalue weighted by Crippen LogP contribution is -2.19. The third kappa shape index (κ3) is 5.07. The van der Waals surface area contributed by atoms with Crippen LogP contribution >= 0.6 is 0 Å². The highest BCUT2D eigenvalue weighted by molar-refractivity contribution is 5.95. The number of aliphatic carboxylic acids is 1. The second-order valence-corrected chi connectivity index (χ2v) is 3.94. The molecule has 0 saturated carbocycles. The molecule has 0 aliphatic carbocycles. The normalized spacial score (nSPS) is 9.95.